The van der Waals surface area contributed by atoms with Gasteiger partial charge in [-0.25, -0.2) is 0 Å². The fraction of sp³-hybridized carbons (Fsp3) is 1.00. The summed E-state index contributed by atoms with van der Waals surface area (Å²) in [5.41, 5.74) is -0.411. The van der Waals surface area contributed by atoms with Gasteiger partial charge in [-0.15, -0.1) is 0 Å². The molecule has 2 heteroatoms. The van der Waals surface area contributed by atoms with Crippen molar-refractivity contribution >= 4 is 0 Å². The second kappa shape index (κ2) is 2.89. The van der Waals surface area contributed by atoms with Crippen LogP contribution in [0.15, 0.2) is 0 Å². The maximum atomic E-state index is 9.64. The summed E-state index contributed by atoms with van der Waals surface area (Å²) in [7, 11) is 1.96. The number of aliphatic hydroxyl groups is 1. The first-order valence-electron chi connectivity index (χ1n) is 4.04. The van der Waals surface area contributed by atoms with Crippen LogP contribution in [0.1, 0.15) is 32.6 Å². The van der Waals surface area contributed by atoms with Crippen molar-refractivity contribution in [2.24, 2.45) is 0 Å². The van der Waals surface area contributed by atoms with Crippen LogP contribution in [0.4, 0.5) is 0 Å². The Kier molecular flexibility index (Phi) is 2.32. The highest BCUT2D eigenvalue weighted by Gasteiger charge is 2.28. The third kappa shape index (κ3) is 1.96. The molecule has 1 aliphatic rings. The average molecular weight is 143 g/mol. The number of rotatable bonds is 1. The van der Waals surface area contributed by atoms with Crippen molar-refractivity contribution in [3.05, 3.63) is 0 Å². The van der Waals surface area contributed by atoms with E-state index in [1.54, 1.807) is 0 Å². The monoisotopic (exact) mass is 143 g/mol. The van der Waals surface area contributed by atoms with Gasteiger partial charge in [0.2, 0.25) is 0 Å². The van der Waals surface area contributed by atoms with E-state index >= 15 is 0 Å². The molecule has 0 aromatic rings. The summed E-state index contributed by atoms with van der Waals surface area (Å²) < 4.78 is 0. The topological polar surface area (TPSA) is 32.3 Å². The first-order chi connectivity index (χ1) is 4.64. The minimum atomic E-state index is -0.411. The van der Waals surface area contributed by atoms with Crippen LogP contribution in [-0.2, 0) is 0 Å². The lowest BCUT2D eigenvalue weighted by Crippen LogP contribution is -2.40. The van der Waals surface area contributed by atoms with Crippen molar-refractivity contribution in [2.75, 3.05) is 7.05 Å². The van der Waals surface area contributed by atoms with E-state index in [-0.39, 0.29) is 0 Å². The van der Waals surface area contributed by atoms with Crippen molar-refractivity contribution in [3.8, 4) is 0 Å². The maximum Gasteiger partial charge on any atom is 0.0634 e. The Balaban J connectivity index is 2.40. The fourth-order valence-corrected chi connectivity index (χ4v) is 1.71. The van der Waals surface area contributed by atoms with Gasteiger partial charge in [0.05, 0.1) is 5.60 Å². The molecule has 0 heterocycles. The van der Waals surface area contributed by atoms with Crippen LogP contribution in [0.25, 0.3) is 0 Å². The quantitative estimate of drug-likeness (QED) is 0.571. The number of hydrogen-bond acceptors (Lipinski definition) is 2. The molecule has 1 saturated carbocycles. The first kappa shape index (κ1) is 8.02. The molecule has 1 fully saturated rings. The molecule has 1 aliphatic carbocycles. The highest BCUT2D eigenvalue weighted by molar-refractivity contribution is 4.84. The van der Waals surface area contributed by atoms with Gasteiger partial charge in [-0.1, -0.05) is 0 Å². The summed E-state index contributed by atoms with van der Waals surface area (Å²) in [6.45, 7) is 1.93. The molecule has 0 bridgehead atoms. The van der Waals surface area contributed by atoms with Crippen LogP contribution < -0.4 is 5.32 Å². The Hall–Kier alpha value is -0.0800. The van der Waals surface area contributed by atoms with Gasteiger partial charge < -0.3 is 10.4 Å². The highest BCUT2D eigenvalue weighted by Crippen LogP contribution is 2.27. The zero-order chi connectivity index (χ0) is 7.61. The van der Waals surface area contributed by atoms with Crippen LogP contribution in [0.2, 0.25) is 0 Å². The minimum Gasteiger partial charge on any atom is -0.390 e. The minimum absolute atomic E-state index is 0.411. The summed E-state index contributed by atoms with van der Waals surface area (Å²) >= 11 is 0. The van der Waals surface area contributed by atoms with Gasteiger partial charge in [-0.3, -0.25) is 0 Å². The van der Waals surface area contributed by atoms with E-state index in [1.165, 1.54) is 6.42 Å². The van der Waals surface area contributed by atoms with Gasteiger partial charge in [0.25, 0.3) is 0 Å². The Morgan fingerprint density at radius 2 is 2.30 bits per heavy atom. The van der Waals surface area contributed by atoms with Crippen LogP contribution in [0.3, 0.4) is 0 Å². The molecule has 0 saturated heterocycles. The molecule has 0 aromatic carbocycles. The molecule has 0 aromatic heterocycles. The largest absolute Gasteiger partial charge is 0.390 e. The van der Waals surface area contributed by atoms with Crippen molar-refractivity contribution in [1.82, 2.24) is 5.32 Å². The second-order valence-corrected chi connectivity index (χ2v) is 3.58. The molecular formula is C8H17NO. The Morgan fingerprint density at radius 1 is 1.60 bits per heavy atom. The normalized spacial score (nSPS) is 41.7. The molecule has 1 rings (SSSR count). The molecule has 0 amide bonds. The van der Waals surface area contributed by atoms with E-state index in [4.69, 9.17) is 0 Å². The van der Waals surface area contributed by atoms with Crippen LogP contribution in [0.5, 0.6) is 0 Å². The van der Waals surface area contributed by atoms with E-state index < -0.39 is 5.60 Å². The fourth-order valence-electron chi connectivity index (χ4n) is 1.71. The summed E-state index contributed by atoms with van der Waals surface area (Å²) in [6, 6.07) is 0.531. The standard InChI is InChI=1S/C8H17NO/c1-8(10)5-3-4-7(6-8)9-2/h7,9-10H,3-6H2,1-2H3. The maximum absolute atomic E-state index is 9.64. The van der Waals surface area contributed by atoms with Gasteiger partial charge in [0.15, 0.2) is 0 Å². The van der Waals surface area contributed by atoms with Gasteiger partial charge in [-0.05, 0) is 39.7 Å². The summed E-state index contributed by atoms with van der Waals surface area (Å²) in [4.78, 5) is 0. The Labute approximate surface area is 62.6 Å². The van der Waals surface area contributed by atoms with Gasteiger partial charge in [-0.2, -0.15) is 0 Å². The summed E-state index contributed by atoms with van der Waals surface area (Å²) in [5, 5.41) is 12.8. The predicted octanol–water partition coefficient (Wildman–Crippen LogP) is 0.899. The van der Waals surface area contributed by atoms with E-state index in [9.17, 15) is 5.11 Å². The number of nitrogens with one attached hydrogen (secondary N) is 1. The van der Waals surface area contributed by atoms with Gasteiger partial charge in [0, 0.05) is 6.04 Å². The van der Waals surface area contributed by atoms with Crippen molar-refractivity contribution in [3.63, 3.8) is 0 Å². The smallest absolute Gasteiger partial charge is 0.0634 e. The molecule has 2 nitrogen and oxygen atoms in total. The third-order valence-corrected chi connectivity index (χ3v) is 2.36. The predicted molar refractivity (Wildman–Crippen MR) is 41.9 cm³/mol. The molecule has 2 atom stereocenters. The lowest BCUT2D eigenvalue weighted by atomic mass is 9.83. The van der Waals surface area contributed by atoms with Crippen molar-refractivity contribution < 1.29 is 5.11 Å². The number of hydrogen-bond donors (Lipinski definition) is 2. The summed E-state index contributed by atoms with van der Waals surface area (Å²) in [6.07, 6.45) is 4.24. The van der Waals surface area contributed by atoms with E-state index in [0.717, 1.165) is 19.3 Å². The highest BCUT2D eigenvalue weighted by atomic mass is 16.3. The Morgan fingerprint density at radius 3 is 2.70 bits per heavy atom. The van der Waals surface area contributed by atoms with E-state index in [1.807, 2.05) is 14.0 Å². The van der Waals surface area contributed by atoms with Crippen molar-refractivity contribution in [2.45, 2.75) is 44.2 Å². The molecule has 2 N–H and O–H groups in total. The third-order valence-electron chi connectivity index (χ3n) is 2.36. The first-order valence-corrected chi connectivity index (χ1v) is 4.04. The van der Waals surface area contributed by atoms with Gasteiger partial charge >= 0.3 is 0 Å². The molecular weight excluding hydrogens is 126 g/mol. The lowest BCUT2D eigenvalue weighted by Gasteiger charge is -2.33. The molecule has 0 spiro atoms. The Bertz CT molecular complexity index is 112. The van der Waals surface area contributed by atoms with Crippen LogP contribution in [-0.4, -0.2) is 23.8 Å². The van der Waals surface area contributed by atoms with E-state index in [2.05, 4.69) is 5.32 Å². The SMILES string of the molecule is CNC1CCCC(C)(O)C1. The molecule has 10 heavy (non-hydrogen) atoms. The van der Waals surface area contributed by atoms with Crippen molar-refractivity contribution in [1.29, 1.82) is 0 Å². The lowest BCUT2D eigenvalue weighted by molar-refractivity contribution is 0.0112. The van der Waals surface area contributed by atoms with E-state index in [0.29, 0.717) is 6.04 Å². The molecule has 2 unspecified atom stereocenters. The second-order valence-electron chi connectivity index (χ2n) is 3.58. The average Bonchev–Trinajstić information content (AvgIpc) is 1.86. The summed E-state index contributed by atoms with van der Waals surface area (Å²) in [5.74, 6) is 0. The van der Waals surface area contributed by atoms with Gasteiger partial charge in [0.1, 0.15) is 0 Å². The van der Waals surface area contributed by atoms with Crippen LogP contribution >= 0.6 is 0 Å². The molecule has 0 aliphatic heterocycles. The zero-order valence-corrected chi connectivity index (χ0v) is 6.85. The molecule has 60 valence electrons. The zero-order valence-electron chi connectivity index (χ0n) is 6.85. The molecule has 0 radical (unpaired) electrons. The van der Waals surface area contributed by atoms with Crippen LogP contribution in [0, 0.1) is 0 Å².